The number of thioether (sulfide) groups is 1. The molecule has 0 bridgehead atoms. The number of carbonyl (C=O) groups is 1. The summed E-state index contributed by atoms with van der Waals surface area (Å²) in [5.41, 5.74) is 0. The van der Waals surface area contributed by atoms with E-state index >= 15 is 0 Å². The molecule has 2 N–H and O–H groups in total. The van der Waals surface area contributed by atoms with Crippen molar-refractivity contribution in [3.05, 3.63) is 0 Å². The van der Waals surface area contributed by atoms with Crippen molar-refractivity contribution >= 4 is 17.7 Å². The molecule has 0 aliphatic heterocycles. The highest BCUT2D eigenvalue weighted by molar-refractivity contribution is 7.99. The van der Waals surface area contributed by atoms with E-state index in [-0.39, 0.29) is 11.9 Å². The van der Waals surface area contributed by atoms with Crippen LogP contribution in [0.2, 0.25) is 0 Å². The van der Waals surface area contributed by atoms with Crippen LogP contribution in [0.3, 0.4) is 0 Å². The smallest absolute Gasteiger partial charge is 0.234 e. The molecule has 0 radical (unpaired) electrons. The number of rotatable bonds is 7. The molecule has 0 aliphatic rings. The van der Waals surface area contributed by atoms with Crippen LogP contribution in [-0.2, 0) is 4.79 Å². The Morgan fingerprint density at radius 2 is 2.29 bits per heavy atom. The van der Waals surface area contributed by atoms with Crippen LogP contribution in [0.5, 0.6) is 0 Å². The van der Waals surface area contributed by atoms with E-state index in [2.05, 4.69) is 16.6 Å². The van der Waals surface area contributed by atoms with Crippen LogP contribution >= 0.6 is 11.8 Å². The van der Waals surface area contributed by atoms with E-state index in [9.17, 15) is 4.79 Å². The first-order valence-electron chi connectivity index (χ1n) is 4.68. The van der Waals surface area contributed by atoms with Crippen LogP contribution in [0, 0.1) is 12.3 Å². The monoisotopic (exact) mass is 214 g/mol. The van der Waals surface area contributed by atoms with Gasteiger partial charge in [-0.25, -0.2) is 0 Å². The molecule has 0 saturated carbocycles. The minimum atomic E-state index is 0.0435. The molecule has 1 amide bonds. The van der Waals surface area contributed by atoms with E-state index in [0.717, 1.165) is 18.1 Å². The second-order valence-electron chi connectivity index (χ2n) is 3.16. The normalized spacial score (nSPS) is 9.86. The molecular formula is C10H18N2OS. The van der Waals surface area contributed by atoms with Gasteiger partial charge in [-0.05, 0) is 13.8 Å². The lowest BCUT2D eigenvalue weighted by Crippen LogP contribution is -2.38. The maximum atomic E-state index is 11.1. The van der Waals surface area contributed by atoms with Crippen LogP contribution in [0.1, 0.15) is 13.8 Å². The summed E-state index contributed by atoms with van der Waals surface area (Å²) in [6, 6.07) is 0.208. The van der Waals surface area contributed by atoms with Crippen molar-refractivity contribution < 1.29 is 4.79 Å². The molecule has 0 aliphatic carbocycles. The average molecular weight is 214 g/mol. The fraction of sp³-hybridized carbons (Fsp3) is 0.700. The van der Waals surface area contributed by atoms with Crippen LogP contribution in [0.25, 0.3) is 0 Å². The van der Waals surface area contributed by atoms with Gasteiger partial charge in [-0.15, -0.1) is 18.2 Å². The van der Waals surface area contributed by atoms with Gasteiger partial charge in [0, 0.05) is 18.3 Å². The molecule has 0 saturated heterocycles. The Morgan fingerprint density at radius 1 is 1.57 bits per heavy atom. The third-order valence-electron chi connectivity index (χ3n) is 1.34. The fourth-order valence-corrected chi connectivity index (χ4v) is 1.40. The Balaban J connectivity index is 3.20. The van der Waals surface area contributed by atoms with Gasteiger partial charge in [-0.1, -0.05) is 5.92 Å². The molecule has 3 nitrogen and oxygen atoms in total. The Bertz CT molecular complexity index is 199. The minimum Gasteiger partial charge on any atom is -0.353 e. The number of nitrogens with one attached hydrogen (secondary N) is 2. The maximum Gasteiger partial charge on any atom is 0.234 e. The van der Waals surface area contributed by atoms with E-state index in [1.54, 1.807) is 11.8 Å². The highest BCUT2D eigenvalue weighted by Crippen LogP contribution is 1.94. The summed E-state index contributed by atoms with van der Waals surface area (Å²) in [5.74, 6) is 4.27. The summed E-state index contributed by atoms with van der Waals surface area (Å²) < 4.78 is 0. The quantitative estimate of drug-likeness (QED) is 0.478. The van der Waals surface area contributed by atoms with Crippen molar-refractivity contribution in [1.82, 2.24) is 10.6 Å². The first-order valence-corrected chi connectivity index (χ1v) is 5.83. The van der Waals surface area contributed by atoms with E-state index < -0.39 is 0 Å². The lowest BCUT2D eigenvalue weighted by atomic mass is 10.4. The first-order chi connectivity index (χ1) is 6.66. The van der Waals surface area contributed by atoms with Gasteiger partial charge in [-0.3, -0.25) is 4.79 Å². The van der Waals surface area contributed by atoms with E-state index in [1.807, 2.05) is 13.8 Å². The van der Waals surface area contributed by atoms with Crippen molar-refractivity contribution in [3.63, 3.8) is 0 Å². The Labute approximate surface area is 90.4 Å². The molecule has 14 heavy (non-hydrogen) atoms. The second kappa shape index (κ2) is 8.92. The van der Waals surface area contributed by atoms with E-state index in [4.69, 9.17) is 6.42 Å². The molecule has 0 aromatic heterocycles. The molecule has 4 heteroatoms. The van der Waals surface area contributed by atoms with Crippen molar-refractivity contribution in [2.45, 2.75) is 19.9 Å². The summed E-state index contributed by atoms with van der Waals surface area (Å²) >= 11 is 1.69. The lowest BCUT2D eigenvalue weighted by Gasteiger charge is -2.08. The fourth-order valence-electron chi connectivity index (χ4n) is 0.850. The Hall–Kier alpha value is -0.660. The zero-order chi connectivity index (χ0) is 10.8. The van der Waals surface area contributed by atoms with Crippen LogP contribution in [0.15, 0.2) is 0 Å². The number of hydrogen-bond donors (Lipinski definition) is 2. The van der Waals surface area contributed by atoms with Gasteiger partial charge in [0.25, 0.3) is 0 Å². The number of terminal acetylenes is 1. The molecule has 0 fully saturated rings. The second-order valence-corrected chi connectivity index (χ2v) is 4.26. The topological polar surface area (TPSA) is 41.1 Å². The maximum absolute atomic E-state index is 11.1. The van der Waals surface area contributed by atoms with Gasteiger partial charge in [0.15, 0.2) is 0 Å². The molecule has 0 atom stereocenters. The Morgan fingerprint density at radius 3 is 2.86 bits per heavy atom. The third-order valence-corrected chi connectivity index (χ3v) is 2.21. The number of hydrogen-bond acceptors (Lipinski definition) is 3. The van der Waals surface area contributed by atoms with Crippen molar-refractivity contribution in [2.75, 3.05) is 24.6 Å². The number of carbonyl (C=O) groups excluding carboxylic acids is 1. The zero-order valence-corrected chi connectivity index (χ0v) is 9.62. The van der Waals surface area contributed by atoms with Gasteiger partial charge in [0.1, 0.15) is 0 Å². The molecule has 0 rings (SSSR count). The molecule has 80 valence electrons. The summed E-state index contributed by atoms with van der Waals surface area (Å²) in [6.07, 6.45) is 5.09. The number of amides is 1. The van der Waals surface area contributed by atoms with E-state index in [1.165, 1.54) is 0 Å². The standard InChI is InChI=1S/C10H18N2OS/c1-4-6-14-7-5-11-8-10(13)12-9(2)3/h1,9,11H,5-8H2,2-3H3,(H,12,13). The highest BCUT2D eigenvalue weighted by atomic mass is 32.2. The highest BCUT2D eigenvalue weighted by Gasteiger charge is 2.00. The zero-order valence-electron chi connectivity index (χ0n) is 8.80. The largest absolute Gasteiger partial charge is 0.353 e. The SMILES string of the molecule is C#CCSCCNCC(=O)NC(C)C. The Kier molecular flexibility index (Phi) is 8.50. The lowest BCUT2D eigenvalue weighted by molar-refractivity contribution is -0.120. The van der Waals surface area contributed by atoms with Crippen LogP contribution < -0.4 is 10.6 Å². The molecule has 0 aromatic rings. The van der Waals surface area contributed by atoms with E-state index in [0.29, 0.717) is 6.54 Å². The van der Waals surface area contributed by atoms with Gasteiger partial charge < -0.3 is 10.6 Å². The predicted octanol–water partition coefficient (Wildman–Crippen LogP) is 0.467. The van der Waals surface area contributed by atoms with Gasteiger partial charge in [-0.2, -0.15) is 0 Å². The van der Waals surface area contributed by atoms with Crippen molar-refractivity contribution in [2.24, 2.45) is 0 Å². The van der Waals surface area contributed by atoms with Crippen molar-refractivity contribution in [1.29, 1.82) is 0 Å². The van der Waals surface area contributed by atoms with Gasteiger partial charge in [0.2, 0.25) is 5.91 Å². The third kappa shape index (κ3) is 9.43. The summed E-state index contributed by atoms with van der Waals surface area (Å²) in [7, 11) is 0. The summed E-state index contributed by atoms with van der Waals surface area (Å²) in [5, 5.41) is 5.85. The minimum absolute atomic E-state index is 0.0435. The van der Waals surface area contributed by atoms with Gasteiger partial charge in [0.05, 0.1) is 12.3 Å². The summed E-state index contributed by atoms with van der Waals surface area (Å²) in [6.45, 7) is 5.09. The average Bonchev–Trinajstić information content (AvgIpc) is 2.10. The predicted molar refractivity (Wildman–Crippen MR) is 62.3 cm³/mol. The molecule has 0 spiro atoms. The molecule has 0 heterocycles. The van der Waals surface area contributed by atoms with Gasteiger partial charge >= 0.3 is 0 Å². The van der Waals surface area contributed by atoms with Crippen molar-refractivity contribution in [3.8, 4) is 12.3 Å². The summed E-state index contributed by atoms with van der Waals surface area (Å²) in [4.78, 5) is 11.1. The van der Waals surface area contributed by atoms with Crippen LogP contribution in [0.4, 0.5) is 0 Å². The molecule has 0 aromatic carbocycles. The first kappa shape index (κ1) is 13.3. The molecular weight excluding hydrogens is 196 g/mol. The molecule has 0 unspecified atom stereocenters. The van der Waals surface area contributed by atoms with Crippen LogP contribution in [-0.4, -0.2) is 36.5 Å².